The maximum absolute atomic E-state index is 13.6. The van der Waals surface area contributed by atoms with Crippen molar-refractivity contribution in [1.82, 2.24) is 0 Å². The number of hydrogen-bond donors (Lipinski definition) is 1. The van der Waals surface area contributed by atoms with Gasteiger partial charge in [-0.1, -0.05) is 0 Å². The Morgan fingerprint density at radius 3 is 2.85 bits per heavy atom. The number of hydrogen-bond acceptors (Lipinski definition) is 5. The summed E-state index contributed by atoms with van der Waals surface area (Å²) >= 11 is 1.27. The van der Waals surface area contributed by atoms with Crippen LogP contribution in [-0.4, -0.2) is 13.1 Å². The van der Waals surface area contributed by atoms with Gasteiger partial charge in [-0.2, -0.15) is 0 Å². The zero-order valence-corrected chi connectivity index (χ0v) is 11.9. The summed E-state index contributed by atoms with van der Waals surface area (Å²) in [7, 11) is 1.29. The van der Waals surface area contributed by atoms with Crippen LogP contribution in [0.4, 0.5) is 10.1 Å². The molecule has 0 fully saturated rings. The van der Waals surface area contributed by atoms with Gasteiger partial charge in [-0.25, -0.2) is 9.18 Å². The van der Waals surface area contributed by atoms with E-state index in [0.717, 1.165) is 0 Å². The Balaban J connectivity index is 2.09. The normalized spacial score (nSPS) is 10.6. The van der Waals surface area contributed by atoms with Gasteiger partial charge in [0, 0.05) is 16.1 Å². The van der Waals surface area contributed by atoms with Crippen molar-refractivity contribution < 1.29 is 18.3 Å². The number of carbonyl (C=O) groups excluding carboxylic acids is 1. The number of anilines is 1. The molecule has 0 bridgehead atoms. The number of nitrogens with two attached hydrogens (primary N) is 1. The molecule has 1 heterocycles. The lowest BCUT2D eigenvalue weighted by molar-refractivity contribution is 0.0562. The number of ether oxygens (including phenoxy) is 1. The molecule has 6 heteroatoms. The third-order valence-corrected chi connectivity index (χ3v) is 3.74. The minimum Gasteiger partial charge on any atom is -0.463 e. The molecule has 0 aliphatic rings. The van der Waals surface area contributed by atoms with Gasteiger partial charge in [0.15, 0.2) is 0 Å². The molecule has 0 saturated carbocycles. The number of methoxy groups -OCH3 is 1. The van der Waals surface area contributed by atoms with Gasteiger partial charge in [-0.05, 0) is 31.2 Å². The molecule has 0 aliphatic heterocycles. The Labute approximate surface area is 120 Å². The van der Waals surface area contributed by atoms with Gasteiger partial charge in [0.05, 0.1) is 12.9 Å². The Hall–Kier alpha value is -1.95. The first kappa shape index (κ1) is 14.5. The van der Waals surface area contributed by atoms with Gasteiger partial charge < -0.3 is 14.9 Å². The zero-order valence-electron chi connectivity index (χ0n) is 11.1. The molecule has 1 aromatic heterocycles. The smallest absolute Gasteiger partial charge is 0.374 e. The predicted molar refractivity (Wildman–Crippen MR) is 75.2 cm³/mol. The van der Waals surface area contributed by atoms with E-state index in [-0.39, 0.29) is 11.6 Å². The molecule has 20 heavy (non-hydrogen) atoms. The number of benzene rings is 1. The van der Waals surface area contributed by atoms with Crippen LogP contribution < -0.4 is 5.73 Å². The van der Waals surface area contributed by atoms with Crippen LogP contribution in [0.2, 0.25) is 0 Å². The third-order valence-electron chi connectivity index (χ3n) is 2.67. The number of aryl methyl sites for hydroxylation is 1. The summed E-state index contributed by atoms with van der Waals surface area (Å²) in [5.41, 5.74) is 6.57. The maximum Gasteiger partial charge on any atom is 0.374 e. The van der Waals surface area contributed by atoms with E-state index < -0.39 is 5.97 Å². The molecule has 1 aromatic carbocycles. The zero-order chi connectivity index (χ0) is 14.7. The average Bonchev–Trinajstić information content (AvgIpc) is 2.78. The first-order chi connectivity index (χ1) is 9.51. The summed E-state index contributed by atoms with van der Waals surface area (Å²) < 4.78 is 23.6. The van der Waals surface area contributed by atoms with Crippen molar-refractivity contribution in [3.05, 3.63) is 47.2 Å². The Morgan fingerprint density at radius 2 is 2.20 bits per heavy atom. The number of thioether (sulfide) groups is 1. The molecule has 106 valence electrons. The molecule has 4 nitrogen and oxygen atoms in total. The summed E-state index contributed by atoms with van der Waals surface area (Å²) in [6.45, 7) is 1.76. The Morgan fingerprint density at radius 1 is 1.45 bits per heavy atom. The molecule has 0 atom stereocenters. The highest BCUT2D eigenvalue weighted by Crippen LogP contribution is 2.28. The summed E-state index contributed by atoms with van der Waals surface area (Å²) in [5, 5.41) is 0. The van der Waals surface area contributed by atoms with Crippen LogP contribution in [0.15, 0.2) is 33.6 Å². The Kier molecular flexibility index (Phi) is 4.34. The first-order valence-electron chi connectivity index (χ1n) is 5.86. The Bertz CT molecular complexity index is 639. The number of furan rings is 1. The summed E-state index contributed by atoms with van der Waals surface area (Å²) in [4.78, 5) is 11.9. The van der Waals surface area contributed by atoms with E-state index in [1.807, 2.05) is 0 Å². The number of rotatable bonds is 4. The van der Waals surface area contributed by atoms with Crippen LogP contribution in [0.3, 0.4) is 0 Å². The summed E-state index contributed by atoms with van der Waals surface area (Å²) in [6.07, 6.45) is 0. The minimum atomic E-state index is -0.516. The molecule has 0 saturated heterocycles. The number of nitrogen functional groups attached to an aromatic ring is 1. The number of esters is 1. The molecule has 0 amide bonds. The number of halogens is 1. The van der Waals surface area contributed by atoms with Gasteiger partial charge in [0.25, 0.3) is 0 Å². The standard InChI is InChI=1S/C14H14FNO3S/c1-8-5-10(19-13(8)14(17)18-2)7-20-12-4-3-9(16)6-11(12)15/h3-6H,7,16H2,1-2H3. The largest absolute Gasteiger partial charge is 0.463 e. The fourth-order valence-corrected chi connectivity index (χ4v) is 2.50. The minimum absolute atomic E-state index is 0.181. The molecule has 2 rings (SSSR count). The summed E-state index contributed by atoms with van der Waals surface area (Å²) in [6, 6.07) is 6.27. The molecular weight excluding hydrogens is 281 g/mol. The van der Waals surface area contributed by atoms with Gasteiger partial charge in [-0.3, -0.25) is 0 Å². The maximum atomic E-state index is 13.6. The van der Waals surface area contributed by atoms with E-state index in [9.17, 15) is 9.18 Å². The highest BCUT2D eigenvalue weighted by Gasteiger charge is 2.16. The van der Waals surface area contributed by atoms with Gasteiger partial charge >= 0.3 is 5.97 Å². The van der Waals surface area contributed by atoms with E-state index in [1.165, 1.54) is 24.9 Å². The van der Waals surface area contributed by atoms with Crippen molar-refractivity contribution >= 4 is 23.4 Å². The second kappa shape index (κ2) is 6.00. The second-order valence-electron chi connectivity index (χ2n) is 4.19. The van der Waals surface area contributed by atoms with Crippen molar-refractivity contribution in [1.29, 1.82) is 0 Å². The van der Waals surface area contributed by atoms with Crippen LogP contribution in [0.1, 0.15) is 21.9 Å². The molecule has 0 unspecified atom stereocenters. The topological polar surface area (TPSA) is 65.5 Å². The van der Waals surface area contributed by atoms with E-state index in [0.29, 0.717) is 27.7 Å². The van der Waals surface area contributed by atoms with Crippen LogP contribution in [0, 0.1) is 12.7 Å². The monoisotopic (exact) mass is 295 g/mol. The van der Waals surface area contributed by atoms with Crippen molar-refractivity contribution in [2.24, 2.45) is 0 Å². The van der Waals surface area contributed by atoms with Crippen molar-refractivity contribution in [2.45, 2.75) is 17.6 Å². The van der Waals surface area contributed by atoms with Gasteiger partial charge in [0.2, 0.25) is 5.76 Å². The van der Waals surface area contributed by atoms with Crippen molar-refractivity contribution in [3.8, 4) is 0 Å². The lowest BCUT2D eigenvalue weighted by atomic mass is 10.3. The molecule has 0 spiro atoms. The lowest BCUT2D eigenvalue weighted by Crippen LogP contribution is -2.00. The van der Waals surface area contributed by atoms with E-state index >= 15 is 0 Å². The van der Waals surface area contributed by atoms with Gasteiger partial charge in [-0.15, -0.1) is 11.8 Å². The molecular formula is C14H14FNO3S. The summed E-state index contributed by atoms with van der Waals surface area (Å²) in [5.74, 6) is 0.299. The fraction of sp³-hybridized carbons (Fsp3) is 0.214. The van der Waals surface area contributed by atoms with E-state index in [2.05, 4.69) is 4.74 Å². The highest BCUT2D eigenvalue weighted by molar-refractivity contribution is 7.98. The lowest BCUT2D eigenvalue weighted by Gasteiger charge is -2.02. The van der Waals surface area contributed by atoms with Crippen LogP contribution in [0.5, 0.6) is 0 Å². The van der Waals surface area contributed by atoms with Crippen LogP contribution in [0.25, 0.3) is 0 Å². The SMILES string of the molecule is COC(=O)c1oc(CSc2ccc(N)cc2F)cc1C. The molecule has 2 aromatic rings. The third kappa shape index (κ3) is 3.14. The average molecular weight is 295 g/mol. The molecule has 0 aliphatic carbocycles. The quantitative estimate of drug-likeness (QED) is 0.532. The van der Waals surface area contributed by atoms with E-state index in [1.54, 1.807) is 25.1 Å². The highest BCUT2D eigenvalue weighted by atomic mass is 32.2. The van der Waals surface area contributed by atoms with E-state index in [4.69, 9.17) is 10.2 Å². The van der Waals surface area contributed by atoms with Crippen molar-refractivity contribution in [3.63, 3.8) is 0 Å². The fourth-order valence-electron chi connectivity index (χ4n) is 1.70. The van der Waals surface area contributed by atoms with Crippen molar-refractivity contribution in [2.75, 3.05) is 12.8 Å². The number of carbonyl (C=O) groups is 1. The molecule has 2 N–H and O–H groups in total. The van der Waals surface area contributed by atoms with Crippen LogP contribution in [-0.2, 0) is 10.5 Å². The van der Waals surface area contributed by atoms with Crippen LogP contribution >= 0.6 is 11.8 Å². The second-order valence-corrected chi connectivity index (χ2v) is 5.21. The predicted octanol–water partition coefficient (Wildman–Crippen LogP) is 3.39. The molecule has 0 radical (unpaired) electrons. The first-order valence-corrected chi connectivity index (χ1v) is 6.85. The van der Waals surface area contributed by atoms with Gasteiger partial charge in [0.1, 0.15) is 11.6 Å².